The molecule has 0 fully saturated rings. The maximum atomic E-state index is 9.62. The summed E-state index contributed by atoms with van der Waals surface area (Å²) in [5.41, 5.74) is 2.09. The lowest BCUT2D eigenvalue weighted by Gasteiger charge is -2.08. The predicted molar refractivity (Wildman–Crippen MR) is 69.7 cm³/mol. The molecule has 0 spiro atoms. The molecule has 0 bridgehead atoms. The number of aryl methyl sites for hydroxylation is 2. The van der Waals surface area contributed by atoms with Crippen molar-refractivity contribution < 1.29 is 9.84 Å². The van der Waals surface area contributed by atoms with Gasteiger partial charge in [0.15, 0.2) is 11.5 Å². The van der Waals surface area contributed by atoms with Crippen molar-refractivity contribution in [3.8, 4) is 11.5 Å². The average molecular weight is 246 g/mol. The van der Waals surface area contributed by atoms with Gasteiger partial charge in [-0.2, -0.15) is 5.10 Å². The van der Waals surface area contributed by atoms with Gasteiger partial charge in [0, 0.05) is 6.54 Å². The van der Waals surface area contributed by atoms with Gasteiger partial charge >= 0.3 is 0 Å². The quantitative estimate of drug-likeness (QED) is 0.882. The second kappa shape index (κ2) is 5.58. The van der Waals surface area contributed by atoms with Gasteiger partial charge in [-0.05, 0) is 31.5 Å². The van der Waals surface area contributed by atoms with Crippen LogP contribution in [0.5, 0.6) is 11.5 Å². The van der Waals surface area contributed by atoms with E-state index in [0.717, 1.165) is 24.4 Å². The van der Waals surface area contributed by atoms with Crippen LogP contribution in [-0.2, 0) is 19.6 Å². The molecule has 0 aliphatic heterocycles. The number of benzene rings is 1. The molecular formula is C14H18N2O2. The lowest BCUT2D eigenvalue weighted by atomic mass is 10.3. The fourth-order valence-corrected chi connectivity index (χ4v) is 1.81. The molecule has 1 N–H and O–H groups in total. The maximum Gasteiger partial charge on any atom is 0.161 e. The van der Waals surface area contributed by atoms with Crippen LogP contribution >= 0.6 is 0 Å². The van der Waals surface area contributed by atoms with Gasteiger partial charge in [0.2, 0.25) is 0 Å². The van der Waals surface area contributed by atoms with Crippen molar-refractivity contribution in [1.82, 2.24) is 9.78 Å². The molecule has 1 aromatic carbocycles. The Kier molecular flexibility index (Phi) is 3.87. The van der Waals surface area contributed by atoms with E-state index < -0.39 is 0 Å². The molecule has 0 radical (unpaired) electrons. The number of phenolic OH excluding ortho intramolecular Hbond substituents is 1. The van der Waals surface area contributed by atoms with Crippen LogP contribution in [0.1, 0.15) is 25.2 Å². The second-order valence-electron chi connectivity index (χ2n) is 4.05. The van der Waals surface area contributed by atoms with E-state index in [-0.39, 0.29) is 5.75 Å². The van der Waals surface area contributed by atoms with E-state index in [1.54, 1.807) is 18.2 Å². The van der Waals surface area contributed by atoms with E-state index in [2.05, 4.69) is 18.9 Å². The van der Waals surface area contributed by atoms with Crippen molar-refractivity contribution in [2.45, 2.75) is 33.4 Å². The normalized spacial score (nSPS) is 10.6. The summed E-state index contributed by atoms with van der Waals surface area (Å²) < 4.78 is 7.54. The number of aromatic hydroxyl groups is 1. The molecule has 2 rings (SSSR count). The van der Waals surface area contributed by atoms with Crippen LogP contribution in [0.25, 0.3) is 0 Å². The Labute approximate surface area is 107 Å². The molecular weight excluding hydrogens is 228 g/mol. The van der Waals surface area contributed by atoms with Gasteiger partial charge in [-0.25, -0.2) is 0 Å². The Morgan fingerprint density at radius 1 is 1.28 bits per heavy atom. The summed E-state index contributed by atoms with van der Waals surface area (Å²) in [5.74, 6) is 0.662. The minimum absolute atomic E-state index is 0.163. The number of hydrogen-bond donors (Lipinski definition) is 1. The molecule has 2 aromatic rings. The smallest absolute Gasteiger partial charge is 0.161 e. The second-order valence-corrected chi connectivity index (χ2v) is 4.05. The molecule has 4 nitrogen and oxygen atoms in total. The third kappa shape index (κ3) is 2.64. The minimum atomic E-state index is 0.163. The molecule has 0 amide bonds. The monoisotopic (exact) mass is 246 g/mol. The lowest BCUT2D eigenvalue weighted by Crippen LogP contribution is -2.06. The summed E-state index contributed by atoms with van der Waals surface area (Å²) in [6, 6.07) is 9.02. The third-order valence-corrected chi connectivity index (χ3v) is 2.82. The Morgan fingerprint density at radius 2 is 2.06 bits per heavy atom. The molecule has 4 heteroatoms. The van der Waals surface area contributed by atoms with Gasteiger partial charge in [0.05, 0.1) is 11.4 Å². The molecule has 0 atom stereocenters. The van der Waals surface area contributed by atoms with Crippen molar-refractivity contribution in [3.05, 3.63) is 41.7 Å². The van der Waals surface area contributed by atoms with Crippen molar-refractivity contribution in [1.29, 1.82) is 0 Å². The molecule has 0 unspecified atom stereocenters. The molecule has 96 valence electrons. The van der Waals surface area contributed by atoms with Crippen molar-refractivity contribution in [2.24, 2.45) is 0 Å². The Balaban J connectivity index is 2.10. The first-order valence-corrected chi connectivity index (χ1v) is 6.21. The standard InChI is InChI=1S/C14H18N2O2/c1-3-11-9-12(16(4-2)15-11)10-18-14-8-6-5-7-13(14)17/h5-9,17H,3-4,10H2,1-2H3. The molecule has 0 aliphatic rings. The summed E-state index contributed by atoms with van der Waals surface area (Å²) in [7, 11) is 0. The molecule has 1 aromatic heterocycles. The summed E-state index contributed by atoms with van der Waals surface area (Å²) in [6.07, 6.45) is 0.913. The number of para-hydroxylation sites is 2. The number of rotatable bonds is 5. The number of phenols is 1. The van der Waals surface area contributed by atoms with Crippen LogP contribution in [0.3, 0.4) is 0 Å². The highest BCUT2D eigenvalue weighted by Crippen LogP contribution is 2.25. The van der Waals surface area contributed by atoms with E-state index in [0.29, 0.717) is 12.4 Å². The van der Waals surface area contributed by atoms with E-state index >= 15 is 0 Å². The largest absolute Gasteiger partial charge is 0.504 e. The van der Waals surface area contributed by atoms with Gasteiger partial charge in [-0.3, -0.25) is 4.68 Å². The molecule has 0 saturated heterocycles. The summed E-state index contributed by atoms with van der Waals surface area (Å²) >= 11 is 0. The summed E-state index contributed by atoms with van der Waals surface area (Å²) in [4.78, 5) is 0. The van der Waals surface area contributed by atoms with Crippen molar-refractivity contribution in [2.75, 3.05) is 0 Å². The van der Waals surface area contributed by atoms with E-state index in [4.69, 9.17) is 4.74 Å². The van der Waals surface area contributed by atoms with Gasteiger partial charge in [0.1, 0.15) is 6.61 Å². The topological polar surface area (TPSA) is 47.3 Å². The minimum Gasteiger partial charge on any atom is -0.504 e. The van der Waals surface area contributed by atoms with Crippen molar-refractivity contribution in [3.63, 3.8) is 0 Å². The van der Waals surface area contributed by atoms with Gasteiger partial charge < -0.3 is 9.84 Å². The SMILES string of the molecule is CCc1cc(COc2ccccc2O)n(CC)n1. The van der Waals surface area contributed by atoms with Gasteiger partial charge in [-0.15, -0.1) is 0 Å². The zero-order valence-electron chi connectivity index (χ0n) is 10.8. The number of aromatic nitrogens is 2. The first-order valence-electron chi connectivity index (χ1n) is 6.21. The Morgan fingerprint density at radius 3 is 2.72 bits per heavy atom. The lowest BCUT2D eigenvalue weighted by molar-refractivity contribution is 0.277. The number of ether oxygens (including phenoxy) is 1. The Bertz CT molecular complexity index is 520. The first kappa shape index (κ1) is 12.5. The zero-order valence-corrected chi connectivity index (χ0v) is 10.8. The van der Waals surface area contributed by atoms with Crippen LogP contribution in [0.15, 0.2) is 30.3 Å². The van der Waals surface area contributed by atoms with Gasteiger partial charge in [0.25, 0.3) is 0 Å². The first-order chi connectivity index (χ1) is 8.74. The van der Waals surface area contributed by atoms with Crippen LogP contribution < -0.4 is 4.74 Å². The third-order valence-electron chi connectivity index (χ3n) is 2.82. The highest BCUT2D eigenvalue weighted by Gasteiger charge is 2.07. The van der Waals surface area contributed by atoms with Crippen LogP contribution in [0.2, 0.25) is 0 Å². The van der Waals surface area contributed by atoms with E-state index in [1.807, 2.05) is 16.8 Å². The summed E-state index contributed by atoms with van der Waals surface area (Å²) in [6.45, 7) is 5.36. The number of hydrogen-bond acceptors (Lipinski definition) is 3. The molecule has 18 heavy (non-hydrogen) atoms. The van der Waals surface area contributed by atoms with Crippen LogP contribution in [0.4, 0.5) is 0 Å². The Hall–Kier alpha value is -1.97. The highest BCUT2D eigenvalue weighted by atomic mass is 16.5. The molecule has 1 heterocycles. The van der Waals surface area contributed by atoms with E-state index in [1.165, 1.54) is 0 Å². The molecule has 0 aliphatic carbocycles. The predicted octanol–water partition coefficient (Wildman–Crippen LogP) is 2.75. The zero-order chi connectivity index (χ0) is 13.0. The van der Waals surface area contributed by atoms with Crippen LogP contribution in [0, 0.1) is 0 Å². The maximum absolute atomic E-state index is 9.62. The van der Waals surface area contributed by atoms with E-state index in [9.17, 15) is 5.11 Å². The molecule has 0 saturated carbocycles. The number of nitrogens with zero attached hydrogens (tertiary/aromatic N) is 2. The summed E-state index contributed by atoms with van der Waals surface area (Å²) in [5, 5.41) is 14.1. The fourth-order valence-electron chi connectivity index (χ4n) is 1.81. The van der Waals surface area contributed by atoms with Gasteiger partial charge in [-0.1, -0.05) is 19.1 Å². The van der Waals surface area contributed by atoms with Crippen LogP contribution in [-0.4, -0.2) is 14.9 Å². The highest BCUT2D eigenvalue weighted by molar-refractivity contribution is 5.38. The fraction of sp³-hybridized carbons (Fsp3) is 0.357. The average Bonchev–Trinajstić information content (AvgIpc) is 2.80. The van der Waals surface area contributed by atoms with Crippen molar-refractivity contribution >= 4 is 0 Å².